The Kier molecular flexibility index (Phi) is 4.53. The van der Waals surface area contributed by atoms with E-state index in [1.807, 2.05) is 6.07 Å². The first-order valence-electron chi connectivity index (χ1n) is 9.09. The quantitative estimate of drug-likeness (QED) is 0.614. The van der Waals surface area contributed by atoms with E-state index in [0.29, 0.717) is 11.6 Å². The van der Waals surface area contributed by atoms with Crippen LogP contribution >= 0.6 is 0 Å². The molecule has 4 rings (SSSR count). The molecule has 29 heavy (non-hydrogen) atoms. The van der Waals surface area contributed by atoms with Gasteiger partial charge < -0.3 is 9.30 Å². The molecular weight excluding hydrogens is 381 g/mol. The molecule has 1 aliphatic carbocycles. The van der Waals surface area contributed by atoms with Crippen LogP contribution in [-0.2, 0) is 5.60 Å². The smallest absolute Gasteiger partial charge is 0.177 e. The highest BCUT2D eigenvalue weighted by Crippen LogP contribution is 2.42. The number of aromatic nitrogens is 3. The summed E-state index contributed by atoms with van der Waals surface area (Å²) in [4.78, 5) is 0. The van der Waals surface area contributed by atoms with E-state index in [0.717, 1.165) is 31.0 Å². The molecule has 1 heterocycles. The molecule has 148 valence electrons. The maximum absolute atomic E-state index is 14.6. The molecule has 0 saturated heterocycles. The first kappa shape index (κ1) is 19.0. The summed E-state index contributed by atoms with van der Waals surface area (Å²) in [6.45, 7) is 3.38. The Balaban J connectivity index is 1.76. The Labute approximate surface area is 165 Å². The predicted molar refractivity (Wildman–Crippen MR) is 98.4 cm³/mol. The zero-order valence-corrected chi connectivity index (χ0v) is 15.8. The lowest BCUT2D eigenvalue weighted by Crippen LogP contribution is -2.30. The molecule has 0 aliphatic heterocycles. The molecule has 1 aliphatic rings. The fraction of sp³-hybridized carbons (Fsp3) is 0.286. The van der Waals surface area contributed by atoms with Gasteiger partial charge in [-0.1, -0.05) is 0 Å². The molecule has 0 atom stereocenters. The lowest BCUT2D eigenvalue weighted by atomic mass is 10.1. The van der Waals surface area contributed by atoms with Crippen molar-refractivity contribution in [3.05, 3.63) is 65.2 Å². The highest BCUT2D eigenvalue weighted by atomic mass is 19.1. The van der Waals surface area contributed by atoms with Crippen LogP contribution in [0.25, 0.3) is 11.4 Å². The van der Waals surface area contributed by atoms with Crippen molar-refractivity contribution in [3.63, 3.8) is 0 Å². The van der Waals surface area contributed by atoms with Crippen molar-refractivity contribution in [2.24, 2.45) is 0 Å². The van der Waals surface area contributed by atoms with E-state index in [-0.39, 0.29) is 22.9 Å². The van der Waals surface area contributed by atoms with Gasteiger partial charge in [0, 0.05) is 12.1 Å². The van der Waals surface area contributed by atoms with Crippen LogP contribution in [0.3, 0.4) is 0 Å². The molecule has 0 unspecified atom stereocenters. The van der Waals surface area contributed by atoms with Crippen molar-refractivity contribution in [1.82, 2.24) is 14.8 Å². The number of nitriles is 1. The number of rotatable bonds is 5. The third-order valence-corrected chi connectivity index (χ3v) is 4.74. The molecule has 1 saturated carbocycles. The largest absolute Gasteiger partial charge is 0.477 e. The standard InChI is InChI=1S/C21H17F3N4O/c1-21(2,29-18-8-4-13(22)10-17(18)24)20-27-26-19(28(20)14-5-6-14)15-7-3-12(11-25)9-16(15)23/h3-4,7-10,14H,5-6H2,1-2H3. The Morgan fingerprint density at radius 1 is 1.07 bits per heavy atom. The van der Waals surface area contributed by atoms with Gasteiger partial charge in [-0.25, -0.2) is 13.2 Å². The molecular formula is C21H17F3N4O. The summed E-state index contributed by atoms with van der Waals surface area (Å²) < 4.78 is 49.5. The number of hydrogen-bond acceptors (Lipinski definition) is 4. The van der Waals surface area contributed by atoms with E-state index in [1.54, 1.807) is 18.4 Å². The van der Waals surface area contributed by atoms with E-state index >= 15 is 0 Å². The van der Waals surface area contributed by atoms with E-state index in [2.05, 4.69) is 10.2 Å². The van der Waals surface area contributed by atoms with Crippen LogP contribution in [-0.4, -0.2) is 14.8 Å². The molecule has 0 spiro atoms. The van der Waals surface area contributed by atoms with Crippen molar-refractivity contribution < 1.29 is 17.9 Å². The average molecular weight is 398 g/mol. The maximum Gasteiger partial charge on any atom is 0.177 e. The van der Waals surface area contributed by atoms with Crippen molar-refractivity contribution in [2.45, 2.75) is 38.3 Å². The van der Waals surface area contributed by atoms with Gasteiger partial charge in [-0.05, 0) is 57.0 Å². The molecule has 0 amide bonds. The minimum atomic E-state index is -1.12. The minimum Gasteiger partial charge on any atom is -0.477 e. The van der Waals surface area contributed by atoms with Crippen LogP contribution in [0.15, 0.2) is 36.4 Å². The van der Waals surface area contributed by atoms with E-state index < -0.39 is 23.1 Å². The molecule has 0 bridgehead atoms. The lowest BCUT2D eigenvalue weighted by molar-refractivity contribution is 0.0880. The number of benzene rings is 2. The predicted octanol–water partition coefficient (Wildman–Crippen LogP) is 4.88. The first-order valence-corrected chi connectivity index (χ1v) is 9.09. The van der Waals surface area contributed by atoms with Crippen molar-refractivity contribution in [3.8, 4) is 23.2 Å². The fourth-order valence-electron chi connectivity index (χ4n) is 3.21. The van der Waals surface area contributed by atoms with Gasteiger partial charge in [0.15, 0.2) is 28.8 Å². The minimum absolute atomic E-state index is 0.0750. The molecule has 5 nitrogen and oxygen atoms in total. The topological polar surface area (TPSA) is 63.7 Å². The van der Waals surface area contributed by atoms with Crippen LogP contribution < -0.4 is 4.74 Å². The second-order valence-electron chi connectivity index (χ2n) is 7.44. The summed E-state index contributed by atoms with van der Waals surface area (Å²) in [7, 11) is 0. The summed E-state index contributed by atoms with van der Waals surface area (Å²) in [6, 6.07) is 9.20. The molecule has 2 aromatic carbocycles. The average Bonchev–Trinajstić information content (AvgIpc) is 3.41. The SMILES string of the molecule is CC(C)(Oc1ccc(F)cc1F)c1nnc(-c2ccc(C#N)cc2F)n1C1CC1. The molecule has 0 radical (unpaired) electrons. The van der Waals surface area contributed by atoms with Crippen LogP contribution in [0.5, 0.6) is 5.75 Å². The second-order valence-corrected chi connectivity index (χ2v) is 7.44. The monoisotopic (exact) mass is 398 g/mol. The third kappa shape index (κ3) is 3.56. The Hall–Kier alpha value is -3.34. The van der Waals surface area contributed by atoms with Crippen LogP contribution in [0, 0.1) is 28.8 Å². The zero-order valence-electron chi connectivity index (χ0n) is 15.8. The number of hydrogen-bond donors (Lipinski definition) is 0. The van der Waals surface area contributed by atoms with Gasteiger partial charge in [0.2, 0.25) is 0 Å². The normalized spacial score (nSPS) is 13.9. The van der Waals surface area contributed by atoms with Gasteiger partial charge in [0.05, 0.1) is 17.2 Å². The van der Waals surface area contributed by atoms with Crippen molar-refractivity contribution >= 4 is 0 Å². The highest BCUT2D eigenvalue weighted by Gasteiger charge is 2.38. The molecule has 1 aromatic heterocycles. The van der Waals surface area contributed by atoms with Gasteiger partial charge in [0.1, 0.15) is 11.6 Å². The second kappa shape index (κ2) is 6.92. The number of ether oxygens (including phenoxy) is 1. The summed E-state index contributed by atoms with van der Waals surface area (Å²) >= 11 is 0. The fourth-order valence-corrected chi connectivity index (χ4v) is 3.21. The molecule has 1 fully saturated rings. The first-order chi connectivity index (χ1) is 13.8. The molecule has 8 heteroatoms. The lowest BCUT2D eigenvalue weighted by Gasteiger charge is -2.26. The highest BCUT2D eigenvalue weighted by molar-refractivity contribution is 5.58. The van der Waals surface area contributed by atoms with Gasteiger partial charge >= 0.3 is 0 Å². The van der Waals surface area contributed by atoms with Crippen LogP contribution in [0.1, 0.15) is 44.1 Å². The van der Waals surface area contributed by atoms with Crippen molar-refractivity contribution in [2.75, 3.05) is 0 Å². The molecule has 3 aromatic rings. The summed E-state index contributed by atoms with van der Waals surface area (Å²) in [6.07, 6.45) is 1.74. The number of halogens is 3. The van der Waals surface area contributed by atoms with Crippen LogP contribution in [0.2, 0.25) is 0 Å². The van der Waals surface area contributed by atoms with Gasteiger partial charge in [-0.3, -0.25) is 0 Å². The molecule has 0 N–H and O–H groups in total. The maximum atomic E-state index is 14.6. The van der Waals surface area contributed by atoms with E-state index in [4.69, 9.17) is 10.00 Å². The van der Waals surface area contributed by atoms with Gasteiger partial charge in [-0.15, -0.1) is 10.2 Å². The Morgan fingerprint density at radius 2 is 1.83 bits per heavy atom. The van der Waals surface area contributed by atoms with Crippen molar-refractivity contribution in [1.29, 1.82) is 5.26 Å². The van der Waals surface area contributed by atoms with E-state index in [1.165, 1.54) is 18.2 Å². The zero-order chi connectivity index (χ0) is 20.8. The van der Waals surface area contributed by atoms with E-state index in [9.17, 15) is 13.2 Å². The van der Waals surface area contributed by atoms with Gasteiger partial charge in [0.25, 0.3) is 0 Å². The third-order valence-electron chi connectivity index (χ3n) is 4.74. The Morgan fingerprint density at radius 3 is 2.45 bits per heavy atom. The Bertz CT molecular complexity index is 1130. The summed E-state index contributed by atoms with van der Waals surface area (Å²) in [5.74, 6) is -1.49. The van der Waals surface area contributed by atoms with Gasteiger partial charge in [-0.2, -0.15) is 5.26 Å². The summed E-state index contributed by atoms with van der Waals surface area (Å²) in [5, 5.41) is 17.3. The number of nitrogens with zero attached hydrogens (tertiary/aromatic N) is 4. The van der Waals surface area contributed by atoms with Crippen LogP contribution in [0.4, 0.5) is 13.2 Å². The summed E-state index contributed by atoms with van der Waals surface area (Å²) in [5.41, 5.74) is -0.687.